The zero-order chi connectivity index (χ0) is 12.5. The Morgan fingerprint density at radius 2 is 2.17 bits per heavy atom. The van der Waals surface area contributed by atoms with Gasteiger partial charge in [-0.2, -0.15) is 0 Å². The van der Waals surface area contributed by atoms with E-state index in [1.807, 2.05) is 42.1 Å². The predicted molar refractivity (Wildman–Crippen MR) is 69.8 cm³/mol. The summed E-state index contributed by atoms with van der Waals surface area (Å²) in [6.45, 7) is 0. The predicted octanol–water partition coefficient (Wildman–Crippen LogP) is 2.68. The van der Waals surface area contributed by atoms with Crippen LogP contribution < -0.4 is 5.63 Å². The lowest BCUT2D eigenvalue weighted by molar-refractivity contribution is 0.543. The Morgan fingerprint density at radius 3 is 2.94 bits per heavy atom. The molecule has 0 bridgehead atoms. The van der Waals surface area contributed by atoms with Gasteiger partial charge in [-0.1, -0.05) is 18.2 Å². The number of imidazole rings is 1. The summed E-state index contributed by atoms with van der Waals surface area (Å²) in [4.78, 5) is 16.6. The zero-order valence-electron chi connectivity index (χ0n) is 9.66. The summed E-state index contributed by atoms with van der Waals surface area (Å²) in [6, 6.07) is 9.29. The molecule has 3 aromatic rings. The van der Waals surface area contributed by atoms with Gasteiger partial charge in [-0.15, -0.1) is 0 Å². The summed E-state index contributed by atoms with van der Waals surface area (Å²) in [7, 11) is 1.89. The molecule has 0 amide bonds. The minimum absolute atomic E-state index is 0.332. The number of rotatable bonds is 2. The second kappa shape index (κ2) is 4.34. The molecule has 18 heavy (non-hydrogen) atoms. The molecule has 0 fully saturated rings. The van der Waals surface area contributed by atoms with Crippen LogP contribution in [0.15, 0.2) is 62.0 Å². The highest BCUT2D eigenvalue weighted by atomic mass is 32.2. The van der Waals surface area contributed by atoms with Crippen LogP contribution in [-0.4, -0.2) is 9.55 Å². The van der Waals surface area contributed by atoms with Crippen molar-refractivity contribution in [1.82, 2.24) is 9.55 Å². The maximum absolute atomic E-state index is 11.8. The fourth-order valence-corrected chi connectivity index (χ4v) is 2.49. The Morgan fingerprint density at radius 1 is 1.33 bits per heavy atom. The third-order valence-corrected chi connectivity index (χ3v) is 3.67. The first-order valence-electron chi connectivity index (χ1n) is 5.42. The Hall–Kier alpha value is -2.01. The molecule has 0 aliphatic heterocycles. The van der Waals surface area contributed by atoms with Gasteiger partial charge in [-0.05, 0) is 23.9 Å². The van der Waals surface area contributed by atoms with Crippen LogP contribution in [0.25, 0.3) is 11.0 Å². The van der Waals surface area contributed by atoms with E-state index < -0.39 is 0 Å². The quantitative estimate of drug-likeness (QED) is 0.663. The number of para-hydroxylation sites is 1. The van der Waals surface area contributed by atoms with E-state index in [1.165, 1.54) is 11.8 Å². The first kappa shape index (κ1) is 11.1. The fraction of sp³-hybridized carbons (Fsp3) is 0.0769. The van der Waals surface area contributed by atoms with Crippen molar-refractivity contribution >= 4 is 22.7 Å². The van der Waals surface area contributed by atoms with Crippen LogP contribution in [0.3, 0.4) is 0 Å². The van der Waals surface area contributed by atoms with Crippen molar-refractivity contribution < 1.29 is 4.42 Å². The lowest BCUT2D eigenvalue weighted by atomic mass is 10.2. The number of hydrogen-bond acceptors (Lipinski definition) is 4. The molecule has 2 aromatic heterocycles. The molecule has 0 saturated heterocycles. The third kappa shape index (κ3) is 1.93. The summed E-state index contributed by atoms with van der Waals surface area (Å²) < 4.78 is 7.13. The van der Waals surface area contributed by atoms with Crippen molar-refractivity contribution in [2.45, 2.75) is 10.1 Å². The van der Waals surface area contributed by atoms with Crippen molar-refractivity contribution in [1.29, 1.82) is 0 Å². The SMILES string of the molecule is Cn1ccnc1Sc1cc2ccccc2oc1=O. The first-order chi connectivity index (χ1) is 8.74. The summed E-state index contributed by atoms with van der Waals surface area (Å²) in [6.07, 6.45) is 3.54. The maximum Gasteiger partial charge on any atom is 0.350 e. The van der Waals surface area contributed by atoms with Gasteiger partial charge in [0.2, 0.25) is 0 Å². The standard InChI is InChI=1S/C13H10N2O2S/c1-15-7-6-14-13(15)18-11-8-9-4-2-3-5-10(9)17-12(11)16/h2-8H,1H3. The summed E-state index contributed by atoms with van der Waals surface area (Å²) >= 11 is 1.31. The van der Waals surface area contributed by atoms with Crippen molar-refractivity contribution in [3.63, 3.8) is 0 Å². The van der Waals surface area contributed by atoms with Crippen LogP contribution in [0, 0.1) is 0 Å². The van der Waals surface area contributed by atoms with Gasteiger partial charge in [0.25, 0.3) is 0 Å². The van der Waals surface area contributed by atoms with Crippen LogP contribution in [0.1, 0.15) is 0 Å². The molecule has 0 radical (unpaired) electrons. The van der Waals surface area contributed by atoms with Gasteiger partial charge in [0.15, 0.2) is 5.16 Å². The minimum atomic E-state index is -0.332. The van der Waals surface area contributed by atoms with Gasteiger partial charge in [0, 0.05) is 24.8 Å². The minimum Gasteiger partial charge on any atom is -0.422 e. The molecule has 0 aliphatic rings. The van der Waals surface area contributed by atoms with Crippen LogP contribution in [-0.2, 0) is 7.05 Å². The van der Waals surface area contributed by atoms with E-state index in [2.05, 4.69) is 4.98 Å². The Bertz CT molecular complexity index is 761. The number of aryl methyl sites for hydroxylation is 1. The van der Waals surface area contributed by atoms with Crippen LogP contribution >= 0.6 is 11.8 Å². The summed E-state index contributed by atoms with van der Waals surface area (Å²) in [5.74, 6) is 0. The first-order valence-corrected chi connectivity index (χ1v) is 6.24. The molecule has 90 valence electrons. The van der Waals surface area contributed by atoms with Gasteiger partial charge < -0.3 is 8.98 Å². The topological polar surface area (TPSA) is 48.0 Å². The fourth-order valence-electron chi connectivity index (χ4n) is 1.66. The largest absolute Gasteiger partial charge is 0.422 e. The van der Waals surface area contributed by atoms with Gasteiger partial charge in [-0.25, -0.2) is 9.78 Å². The molecule has 4 nitrogen and oxygen atoms in total. The zero-order valence-corrected chi connectivity index (χ0v) is 10.5. The molecule has 1 aromatic carbocycles. The van der Waals surface area contributed by atoms with E-state index in [0.29, 0.717) is 10.5 Å². The van der Waals surface area contributed by atoms with Crippen molar-refractivity contribution in [3.8, 4) is 0 Å². The molecular formula is C13H10N2O2S. The van der Waals surface area contributed by atoms with Crippen LogP contribution in [0.2, 0.25) is 0 Å². The molecule has 0 unspecified atom stereocenters. The molecular weight excluding hydrogens is 248 g/mol. The Labute approximate surface area is 107 Å². The number of nitrogens with zero attached hydrogens (tertiary/aromatic N) is 2. The molecule has 0 aliphatic carbocycles. The summed E-state index contributed by atoms with van der Waals surface area (Å²) in [5, 5.41) is 1.67. The number of aromatic nitrogens is 2. The molecule has 0 saturated carbocycles. The average Bonchev–Trinajstić information content (AvgIpc) is 2.76. The smallest absolute Gasteiger partial charge is 0.350 e. The lowest BCUT2D eigenvalue weighted by Gasteiger charge is -2.01. The van der Waals surface area contributed by atoms with Gasteiger partial charge >= 0.3 is 5.63 Å². The molecule has 2 heterocycles. The molecule has 5 heteroatoms. The average molecular weight is 258 g/mol. The monoisotopic (exact) mass is 258 g/mol. The highest BCUT2D eigenvalue weighted by molar-refractivity contribution is 7.99. The highest BCUT2D eigenvalue weighted by Gasteiger charge is 2.09. The number of benzene rings is 1. The van der Waals surface area contributed by atoms with Gasteiger partial charge in [0.05, 0.1) is 0 Å². The Balaban J connectivity index is 2.09. The van der Waals surface area contributed by atoms with E-state index in [9.17, 15) is 4.79 Å². The number of fused-ring (bicyclic) bond motifs is 1. The molecule has 0 N–H and O–H groups in total. The normalized spacial score (nSPS) is 10.9. The van der Waals surface area contributed by atoms with E-state index >= 15 is 0 Å². The van der Waals surface area contributed by atoms with Crippen molar-refractivity contribution in [2.75, 3.05) is 0 Å². The van der Waals surface area contributed by atoms with E-state index in [4.69, 9.17) is 4.42 Å². The second-order valence-electron chi connectivity index (χ2n) is 3.86. The molecule has 0 spiro atoms. The van der Waals surface area contributed by atoms with E-state index in [1.54, 1.807) is 12.3 Å². The Kier molecular flexibility index (Phi) is 2.68. The van der Waals surface area contributed by atoms with Crippen LogP contribution in [0.5, 0.6) is 0 Å². The summed E-state index contributed by atoms with van der Waals surface area (Å²) in [5.41, 5.74) is 0.272. The second-order valence-corrected chi connectivity index (χ2v) is 4.87. The number of hydrogen-bond donors (Lipinski definition) is 0. The van der Waals surface area contributed by atoms with Crippen molar-refractivity contribution in [2.24, 2.45) is 7.05 Å². The molecule has 0 atom stereocenters. The highest BCUT2D eigenvalue weighted by Crippen LogP contribution is 2.25. The van der Waals surface area contributed by atoms with E-state index in [-0.39, 0.29) is 5.63 Å². The van der Waals surface area contributed by atoms with Gasteiger partial charge in [0.1, 0.15) is 10.5 Å². The maximum atomic E-state index is 11.8. The lowest BCUT2D eigenvalue weighted by Crippen LogP contribution is -2.02. The molecule has 3 rings (SSSR count). The van der Waals surface area contributed by atoms with Crippen LogP contribution in [0.4, 0.5) is 0 Å². The third-order valence-electron chi connectivity index (χ3n) is 2.59. The van der Waals surface area contributed by atoms with Crippen molar-refractivity contribution in [3.05, 3.63) is 53.1 Å². The van der Waals surface area contributed by atoms with Gasteiger partial charge in [-0.3, -0.25) is 0 Å². The van der Waals surface area contributed by atoms with E-state index in [0.717, 1.165) is 10.5 Å².